The van der Waals surface area contributed by atoms with E-state index in [4.69, 9.17) is 4.42 Å². The summed E-state index contributed by atoms with van der Waals surface area (Å²) in [5, 5.41) is 0.491. The lowest BCUT2D eigenvalue weighted by atomic mass is 10.1. The van der Waals surface area contributed by atoms with E-state index in [1.165, 1.54) is 22.3 Å². The number of carbonyl (C=O) groups excluding carboxylic acids is 1. The number of aryl methyl sites for hydroxylation is 2. The number of nitrogens with zero attached hydrogens (tertiary/aromatic N) is 2. The second-order valence-corrected chi connectivity index (χ2v) is 10.5. The van der Waals surface area contributed by atoms with E-state index in [2.05, 4.69) is 11.1 Å². The Hall–Kier alpha value is -2.97. The molecule has 160 valence electrons. The van der Waals surface area contributed by atoms with Gasteiger partial charge in [0.05, 0.1) is 39.2 Å². The number of benzene rings is 2. The Bertz CT molecular complexity index is 1320. The molecule has 0 fully saturated rings. The summed E-state index contributed by atoms with van der Waals surface area (Å²) in [6.45, 7) is 5.76. The molecule has 0 aliphatic rings. The minimum Gasteiger partial charge on any atom is -0.467 e. The molecule has 0 saturated heterocycles. The molecule has 0 aliphatic carbocycles. The summed E-state index contributed by atoms with van der Waals surface area (Å²) in [6, 6.07) is 13.9. The van der Waals surface area contributed by atoms with Gasteiger partial charge in [0.25, 0.3) is 5.91 Å². The lowest BCUT2D eigenvalue weighted by molar-refractivity contribution is 0.0980. The summed E-state index contributed by atoms with van der Waals surface area (Å²) < 4.78 is 31.7. The fourth-order valence-electron chi connectivity index (χ4n) is 3.28. The highest BCUT2D eigenvalue weighted by Gasteiger charge is 2.28. The molecule has 0 bridgehead atoms. The van der Waals surface area contributed by atoms with E-state index < -0.39 is 15.7 Å². The average Bonchev–Trinajstić information content (AvgIpc) is 3.41. The number of rotatable bonds is 6. The molecular formula is C23H22N2O4S2. The third kappa shape index (κ3) is 4.13. The third-order valence-corrected chi connectivity index (χ3v) is 8.02. The number of aromatic nitrogens is 1. The van der Waals surface area contributed by atoms with Crippen molar-refractivity contribution in [2.75, 3.05) is 10.7 Å². The predicted octanol–water partition coefficient (Wildman–Crippen LogP) is 5.15. The van der Waals surface area contributed by atoms with E-state index in [9.17, 15) is 13.2 Å². The molecule has 2 aromatic heterocycles. The number of carbonyl (C=O) groups is 1. The van der Waals surface area contributed by atoms with Gasteiger partial charge in [-0.3, -0.25) is 9.69 Å². The van der Waals surface area contributed by atoms with Crippen molar-refractivity contribution in [1.29, 1.82) is 0 Å². The molecule has 0 radical (unpaired) electrons. The van der Waals surface area contributed by atoms with Crippen molar-refractivity contribution >= 4 is 42.4 Å². The highest BCUT2D eigenvalue weighted by atomic mass is 32.2. The van der Waals surface area contributed by atoms with Gasteiger partial charge in [-0.05, 0) is 61.4 Å². The zero-order chi connectivity index (χ0) is 22.2. The zero-order valence-corrected chi connectivity index (χ0v) is 19.1. The van der Waals surface area contributed by atoms with Crippen molar-refractivity contribution in [3.8, 4) is 0 Å². The van der Waals surface area contributed by atoms with Crippen LogP contribution in [0.25, 0.3) is 10.2 Å². The molecule has 0 atom stereocenters. The summed E-state index contributed by atoms with van der Waals surface area (Å²) in [4.78, 5) is 19.9. The van der Waals surface area contributed by atoms with Gasteiger partial charge >= 0.3 is 0 Å². The standard InChI is InChI=1S/C23H22N2O4S2/c1-4-31(27,28)21-10-6-5-9-18(21)22(26)25(14-17-8-7-11-29-17)23-24-19-12-15(2)16(3)13-20(19)30-23/h5-13H,4,14H2,1-3H3. The van der Waals surface area contributed by atoms with Crippen LogP contribution in [0.15, 0.2) is 64.1 Å². The molecule has 4 rings (SSSR count). The Morgan fingerprint density at radius 2 is 1.84 bits per heavy atom. The average molecular weight is 455 g/mol. The van der Waals surface area contributed by atoms with Gasteiger partial charge in [-0.1, -0.05) is 30.4 Å². The summed E-state index contributed by atoms with van der Waals surface area (Å²) in [5.74, 6) is 0.0575. The van der Waals surface area contributed by atoms with Gasteiger partial charge in [-0.25, -0.2) is 13.4 Å². The normalized spacial score (nSPS) is 11.7. The molecule has 4 aromatic rings. The van der Waals surface area contributed by atoms with Gasteiger partial charge < -0.3 is 4.42 Å². The van der Waals surface area contributed by atoms with Crippen LogP contribution in [0.4, 0.5) is 5.13 Å². The van der Waals surface area contributed by atoms with E-state index in [1.54, 1.807) is 43.5 Å². The first kappa shape index (κ1) is 21.3. The Balaban J connectivity index is 1.84. The maximum absolute atomic E-state index is 13.7. The lowest BCUT2D eigenvalue weighted by Gasteiger charge is -2.20. The summed E-state index contributed by atoms with van der Waals surface area (Å²) in [5.41, 5.74) is 3.19. The highest BCUT2D eigenvalue weighted by molar-refractivity contribution is 7.91. The Morgan fingerprint density at radius 3 is 2.55 bits per heavy atom. The molecule has 2 heterocycles. The lowest BCUT2D eigenvalue weighted by Crippen LogP contribution is -2.31. The van der Waals surface area contributed by atoms with Crippen molar-refractivity contribution in [1.82, 2.24) is 4.98 Å². The van der Waals surface area contributed by atoms with Gasteiger partial charge in [0.15, 0.2) is 15.0 Å². The fourth-order valence-corrected chi connectivity index (χ4v) is 5.41. The first-order valence-corrected chi connectivity index (χ1v) is 12.3. The molecule has 8 heteroatoms. The number of hydrogen-bond donors (Lipinski definition) is 0. The first-order valence-electron chi connectivity index (χ1n) is 9.84. The molecule has 31 heavy (non-hydrogen) atoms. The van der Waals surface area contributed by atoms with E-state index in [1.807, 2.05) is 19.9 Å². The van der Waals surface area contributed by atoms with Crippen LogP contribution in [0, 0.1) is 13.8 Å². The molecular weight excluding hydrogens is 432 g/mol. The minimum absolute atomic E-state index is 0.0275. The van der Waals surface area contributed by atoms with Crippen molar-refractivity contribution in [2.45, 2.75) is 32.2 Å². The monoisotopic (exact) mass is 454 g/mol. The van der Waals surface area contributed by atoms with Gasteiger partial charge in [0.1, 0.15) is 5.76 Å². The van der Waals surface area contributed by atoms with Crippen LogP contribution < -0.4 is 4.90 Å². The smallest absolute Gasteiger partial charge is 0.261 e. The predicted molar refractivity (Wildman–Crippen MR) is 122 cm³/mol. The summed E-state index contributed by atoms with van der Waals surface area (Å²) >= 11 is 1.40. The van der Waals surface area contributed by atoms with E-state index in [0.717, 1.165) is 21.3 Å². The van der Waals surface area contributed by atoms with E-state index >= 15 is 0 Å². The molecule has 0 unspecified atom stereocenters. The topological polar surface area (TPSA) is 80.5 Å². The molecule has 0 spiro atoms. The molecule has 0 saturated carbocycles. The Morgan fingerprint density at radius 1 is 1.10 bits per heavy atom. The van der Waals surface area contributed by atoms with Crippen LogP contribution in [0.2, 0.25) is 0 Å². The van der Waals surface area contributed by atoms with Crippen molar-refractivity contribution in [3.05, 3.63) is 77.2 Å². The number of anilines is 1. The Labute approximate surface area is 185 Å². The van der Waals surface area contributed by atoms with Crippen molar-refractivity contribution in [2.24, 2.45) is 0 Å². The van der Waals surface area contributed by atoms with E-state index in [0.29, 0.717) is 10.9 Å². The van der Waals surface area contributed by atoms with Crippen LogP contribution in [0.5, 0.6) is 0 Å². The zero-order valence-electron chi connectivity index (χ0n) is 17.5. The van der Waals surface area contributed by atoms with Gasteiger partial charge in [-0.15, -0.1) is 0 Å². The molecule has 2 aromatic carbocycles. The second kappa shape index (κ2) is 8.28. The molecule has 0 aliphatic heterocycles. The largest absolute Gasteiger partial charge is 0.467 e. The third-order valence-electron chi connectivity index (χ3n) is 5.20. The quantitative estimate of drug-likeness (QED) is 0.403. The van der Waals surface area contributed by atoms with E-state index in [-0.39, 0.29) is 22.8 Å². The number of hydrogen-bond acceptors (Lipinski definition) is 6. The highest BCUT2D eigenvalue weighted by Crippen LogP contribution is 2.33. The first-order chi connectivity index (χ1) is 14.8. The van der Waals surface area contributed by atoms with Crippen LogP contribution in [-0.4, -0.2) is 25.1 Å². The number of fused-ring (bicyclic) bond motifs is 1. The molecule has 6 nitrogen and oxygen atoms in total. The van der Waals surface area contributed by atoms with Crippen molar-refractivity contribution in [3.63, 3.8) is 0 Å². The Kier molecular flexibility index (Phi) is 5.68. The van der Waals surface area contributed by atoms with Crippen LogP contribution in [-0.2, 0) is 16.4 Å². The van der Waals surface area contributed by atoms with Crippen LogP contribution >= 0.6 is 11.3 Å². The summed E-state index contributed by atoms with van der Waals surface area (Å²) in [6.07, 6.45) is 1.54. The SMILES string of the molecule is CCS(=O)(=O)c1ccccc1C(=O)N(Cc1ccco1)c1nc2cc(C)c(C)cc2s1. The van der Waals surface area contributed by atoms with Gasteiger partial charge in [-0.2, -0.15) is 0 Å². The van der Waals surface area contributed by atoms with Gasteiger partial charge in [0, 0.05) is 0 Å². The maximum Gasteiger partial charge on any atom is 0.261 e. The fraction of sp³-hybridized carbons (Fsp3) is 0.217. The number of furan rings is 1. The summed E-state index contributed by atoms with van der Waals surface area (Å²) in [7, 11) is -3.58. The molecule has 0 N–H and O–H groups in total. The van der Waals surface area contributed by atoms with Crippen molar-refractivity contribution < 1.29 is 17.6 Å². The number of thiazole rings is 1. The van der Waals surface area contributed by atoms with Crippen LogP contribution in [0.1, 0.15) is 34.2 Å². The number of amides is 1. The maximum atomic E-state index is 13.7. The minimum atomic E-state index is -3.58. The van der Waals surface area contributed by atoms with Gasteiger partial charge in [0.2, 0.25) is 0 Å². The second-order valence-electron chi connectivity index (χ2n) is 7.27. The number of sulfone groups is 1. The van der Waals surface area contributed by atoms with Crippen LogP contribution in [0.3, 0.4) is 0 Å². The molecule has 1 amide bonds.